The molecule has 2 N–H and O–H groups in total. The van der Waals surface area contributed by atoms with Crippen molar-refractivity contribution >= 4 is 11.9 Å². The van der Waals surface area contributed by atoms with Gasteiger partial charge in [0.25, 0.3) is 0 Å². The van der Waals surface area contributed by atoms with E-state index in [-0.39, 0.29) is 21.1 Å². The van der Waals surface area contributed by atoms with Crippen LogP contribution in [0.15, 0.2) is 0 Å². The second kappa shape index (κ2) is 22.4. The number of hydrogen-bond acceptors (Lipinski definition) is 4. The van der Waals surface area contributed by atoms with Gasteiger partial charge < -0.3 is 31.3 Å². The van der Waals surface area contributed by atoms with Crippen molar-refractivity contribution < 1.29 is 40.9 Å². The van der Waals surface area contributed by atoms with Crippen LogP contribution in [0, 0.1) is 0 Å². The van der Waals surface area contributed by atoms with Gasteiger partial charge in [-0.25, -0.2) is 0 Å². The molecule has 74 valence electrons. The van der Waals surface area contributed by atoms with Gasteiger partial charge in [0, 0.05) is 18.4 Å². The minimum absolute atomic E-state index is 0. The quantitative estimate of drug-likeness (QED) is 0.541. The second-order valence-corrected chi connectivity index (χ2v) is 0.921. The van der Waals surface area contributed by atoms with Crippen LogP contribution in [0.2, 0.25) is 0 Å². The first-order valence-corrected chi connectivity index (χ1v) is 2.52. The van der Waals surface area contributed by atoms with Crippen molar-refractivity contribution in [1.82, 2.24) is 0 Å². The van der Waals surface area contributed by atoms with Gasteiger partial charge in [-0.05, 0) is 0 Å². The summed E-state index contributed by atoms with van der Waals surface area (Å²) in [5.41, 5.74) is 11.5. The van der Waals surface area contributed by atoms with Crippen molar-refractivity contribution in [3.8, 4) is 0 Å². The maximum Gasteiger partial charge on any atom is 4.00 e. The summed E-state index contributed by atoms with van der Waals surface area (Å²) in [5, 5.41) is 18.6. The van der Waals surface area contributed by atoms with E-state index in [9.17, 15) is 19.8 Å². The summed E-state index contributed by atoms with van der Waals surface area (Å²) in [6.07, 6.45) is -1.03. The average molecular weight is 357 g/mol. The van der Waals surface area contributed by atoms with E-state index in [1.807, 2.05) is 0 Å². The third kappa shape index (κ3) is 55.4. The number of carboxylic acids is 2. The fourth-order valence-electron chi connectivity index (χ4n) is 0.118. The number of rotatable bonds is 2. The molecule has 0 amide bonds. The van der Waals surface area contributed by atoms with Crippen LogP contribution in [-0.2, 0) is 30.7 Å². The van der Waals surface area contributed by atoms with Gasteiger partial charge in [-0.15, -0.1) is 0 Å². The van der Waals surface area contributed by atoms with Crippen LogP contribution in [0.3, 0.4) is 0 Å². The van der Waals surface area contributed by atoms with Gasteiger partial charge in [0.1, 0.15) is 0 Å². The fourth-order valence-corrected chi connectivity index (χ4v) is 0.118. The van der Waals surface area contributed by atoms with Gasteiger partial charge in [0.05, 0.1) is 0 Å². The molecule has 0 heterocycles. The van der Waals surface area contributed by atoms with Gasteiger partial charge in [-0.1, -0.05) is 0 Å². The summed E-state index contributed by atoms with van der Waals surface area (Å²) in [7, 11) is 2.50. The third-order valence-corrected chi connectivity index (χ3v) is 0.289. The summed E-state index contributed by atoms with van der Waals surface area (Å²) < 4.78 is 0. The van der Waals surface area contributed by atoms with E-state index >= 15 is 0 Å². The molecule has 0 aromatic carbocycles. The molecule has 0 bridgehead atoms. The Morgan fingerprint density at radius 2 is 1.17 bits per heavy atom. The van der Waals surface area contributed by atoms with Gasteiger partial charge in [0.2, 0.25) is 0 Å². The molecule has 0 aliphatic carbocycles. The normalized spacial score (nSPS) is 5.67. The minimum Gasteiger partial charge on any atom is -0.680 e. The van der Waals surface area contributed by atoms with E-state index in [0.29, 0.717) is 0 Å². The van der Waals surface area contributed by atoms with Crippen LogP contribution in [0.4, 0.5) is 0 Å². The smallest absolute Gasteiger partial charge is 0.680 e. The number of carboxylic acid groups (broad SMARTS) is 2. The number of carbonyl (C=O) groups excluding carboxylic acids is 2. The monoisotopic (exact) mass is 357 g/mol. The molecule has 0 radical (unpaired) electrons. The number of carbonyl (C=O) groups is 2. The molecule has 7 heteroatoms. The zero-order valence-corrected chi connectivity index (χ0v) is 8.93. The Morgan fingerprint density at radius 3 is 1.17 bits per heavy atom. The second-order valence-electron chi connectivity index (χ2n) is 0.921. The van der Waals surface area contributed by atoms with Crippen molar-refractivity contribution in [1.29, 1.82) is 0 Å². The number of aliphatic carboxylic acids is 2. The summed E-state index contributed by atoms with van der Waals surface area (Å²) in [5.74, 6) is -3.25. The van der Waals surface area contributed by atoms with Gasteiger partial charge in [-0.2, -0.15) is 14.1 Å². The Kier molecular flexibility index (Phi) is 42.1. The van der Waals surface area contributed by atoms with Crippen LogP contribution >= 0.6 is 0 Å². The average Bonchev–Trinajstić information content (AvgIpc) is 1.93. The summed E-state index contributed by atoms with van der Waals surface area (Å²) >= 11 is 0. The number of hydrogen-bond donors (Lipinski definition) is 0. The standard InChI is InChI=1S/C3H4O4.2CH4N.Pt/c4-2(5)1-3(6)7;2*1-2;/h1H2,(H,4,5)(H,6,7);2*2H,1H3;/q;2*-1;+4/p-2. The molecular weight excluding hydrogens is 347 g/mol. The Balaban J connectivity index is -0.0000000560. The molecule has 0 unspecified atom stereocenters. The van der Waals surface area contributed by atoms with E-state index < -0.39 is 18.4 Å². The first-order valence-electron chi connectivity index (χ1n) is 2.52. The van der Waals surface area contributed by atoms with E-state index in [0.717, 1.165) is 0 Å². The molecule has 0 aliphatic heterocycles. The maximum atomic E-state index is 9.28. The topological polar surface area (TPSA) is 128 Å². The molecule has 0 fully saturated rings. The zero-order chi connectivity index (χ0) is 9.86. The Bertz CT molecular complexity index is 97.6. The minimum atomic E-state index is -1.63. The maximum absolute atomic E-state index is 9.28. The van der Waals surface area contributed by atoms with Crippen molar-refractivity contribution in [3.05, 3.63) is 11.5 Å². The molecule has 0 saturated carbocycles. The summed E-state index contributed by atoms with van der Waals surface area (Å²) in [6, 6.07) is 0. The summed E-state index contributed by atoms with van der Waals surface area (Å²) in [4.78, 5) is 18.6. The van der Waals surface area contributed by atoms with E-state index in [4.69, 9.17) is 11.5 Å². The van der Waals surface area contributed by atoms with Crippen LogP contribution < -0.4 is 10.2 Å². The largest absolute Gasteiger partial charge is 4.00 e. The molecule has 0 saturated heterocycles. The van der Waals surface area contributed by atoms with Crippen molar-refractivity contribution in [3.63, 3.8) is 0 Å². The molecular formula is C5H10N2O4Pt. The van der Waals surface area contributed by atoms with Crippen LogP contribution in [0.5, 0.6) is 0 Å². The van der Waals surface area contributed by atoms with E-state index in [1.165, 1.54) is 14.1 Å². The van der Waals surface area contributed by atoms with Crippen LogP contribution in [-0.4, -0.2) is 26.0 Å². The van der Waals surface area contributed by atoms with Gasteiger partial charge in [0.15, 0.2) is 0 Å². The van der Waals surface area contributed by atoms with Crippen molar-refractivity contribution in [2.24, 2.45) is 0 Å². The first kappa shape index (κ1) is 22.6. The first-order chi connectivity index (χ1) is 5.13. The van der Waals surface area contributed by atoms with Crippen LogP contribution in [0.25, 0.3) is 11.5 Å². The Labute approximate surface area is 85.2 Å². The third-order valence-electron chi connectivity index (χ3n) is 0.289. The van der Waals surface area contributed by atoms with Gasteiger partial charge in [-0.3, -0.25) is 0 Å². The SMILES string of the molecule is C[NH-].C[NH-].O=C([O-])CC(=O)[O-].[Pt+4]. The number of nitrogens with one attached hydrogen (secondary N) is 2. The van der Waals surface area contributed by atoms with E-state index in [2.05, 4.69) is 0 Å². The molecule has 0 aromatic heterocycles. The van der Waals surface area contributed by atoms with E-state index in [1.54, 1.807) is 0 Å². The molecule has 6 nitrogen and oxygen atoms in total. The molecule has 12 heavy (non-hydrogen) atoms. The fraction of sp³-hybridized carbons (Fsp3) is 0.600. The Morgan fingerprint density at radius 1 is 1.00 bits per heavy atom. The molecule has 0 spiro atoms. The molecule has 0 aromatic rings. The molecule has 0 atom stereocenters. The predicted molar refractivity (Wildman–Crippen MR) is 35.1 cm³/mol. The molecule has 0 aliphatic rings. The summed E-state index contributed by atoms with van der Waals surface area (Å²) in [6.45, 7) is 0. The molecule has 0 rings (SSSR count). The van der Waals surface area contributed by atoms with Crippen molar-refractivity contribution in [2.45, 2.75) is 6.42 Å². The zero-order valence-electron chi connectivity index (χ0n) is 6.66. The van der Waals surface area contributed by atoms with Crippen LogP contribution in [0.1, 0.15) is 6.42 Å². The predicted octanol–water partition coefficient (Wildman–Crippen LogP) is -1.79. The Hall–Kier alpha value is -0.452. The van der Waals surface area contributed by atoms with Gasteiger partial charge >= 0.3 is 21.1 Å². The van der Waals surface area contributed by atoms with Crippen molar-refractivity contribution in [2.75, 3.05) is 14.1 Å².